The molecule has 0 aliphatic carbocycles. The first-order chi connectivity index (χ1) is 11.9. The molecule has 1 atom stereocenters. The van der Waals surface area contributed by atoms with Crippen LogP contribution in [-0.4, -0.2) is 64.0 Å². The topological polar surface area (TPSA) is 121 Å². The minimum absolute atomic E-state index is 0.0230. The van der Waals surface area contributed by atoms with Crippen molar-refractivity contribution in [1.29, 1.82) is 0 Å². The fraction of sp³-hybridized carbons (Fsp3) is 0.625. The van der Waals surface area contributed by atoms with E-state index in [4.69, 9.17) is 5.73 Å². The van der Waals surface area contributed by atoms with Crippen molar-refractivity contribution in [2.75, 3.05) is 25.1 Å². The average molecular weight is 367 g/mol. The van der Waals surface area contributed by atoms with Crippen LogP contribution in [-0.2, 0) is 9.59 Å². The normalized spacial score (nSPS) is 16.5. The van der Waals surface area contributed by atoms with E-state index < -0.39 is 11.9 Å². The summed E-state index contributed by atoms with van der Waals surface area (Å²) in [7, 11) is 0. The van der Waals surface area contributed by atoms with Crippen LogP contribution in [0.15, 0.2) is 6.07 Å². The Bertz CT molecular complexity index is 625. The van der Waals surface area contributed by atoms with E-state index in [0.717, 1.165) is 24.3 Å². The van der Waals surface area contributed by atoms with Crippen LogP contribution in [0, 0.1) is 0 Å². The van der Waals surface area contributed by atoms with Gasteiger partial charge in [0.05, 0.1) is 0 Å². The predicted octanol–water partition coefficient (Wildman–Crippen LogP) is 0.472. The van der Waals surface area contributed by atoms with Crippen LogP contribution in [0.3, 0.4) is 0 Å². The highest BCUT2D eigenvalue weighted by atomic mass is 32.2. The van der Waals surface area contributed by atoms with Crippen LogP contribution >= 0.6 is 11.8 Å². The maximum atomic E-state index is 12.7. The van der Waals surface area contributed by atoms with Gasteiger partial charge >= 0.3 is 0 Å². The van der Waals surface area contributed by atoms with Gasteiger partial charge in [0.25, 0.3) is 5.91 Å². The van der Waals surface area contributed by atoms with Gasteiger partial charge in [0.2, 0.25) is 11.8 Å². The number of piperidine rings is 1. The van der Waals surface area contributed by atoms with Gasteiger partial charge in [-0.1, -0.05) is 0 Å². The number of rotatable bonds is 7. The number of nitrogens with two attached hydrogens (primary N) is 1. The zero-order valence-electron chi connectivity index (χ0n) is 14.6. The molecule has 2 rings (SSSR count). The van der Waals surface area contributed by atoms with E-state index in [2.05, 4.69) is 15.5 Å². The third-order valence-electron chi connectivity index (χ3n) is 4.38. The summed E-state index contributed by atoms with van der Waals surface area (Å²) in [6.07, 6.45) is 4.16. The number of likely N-dealkylation sites (tertiary alicyclic amines) is 1. The number of thioether (sulfide) groups is 1. The summed E-state index contributed by atoms with van der Waals surface area (Å²) in [5.41, 5.74) is 6.33. The molecule has 138 valence electrons. The van der Waals surface area contributed by atoms with Crippen LogP contribution in [0.25, 0.3) is 0 Å². The van der Waals surface area contributed by atoms with Crippen molar-refractivity contribution in [3.63, 3.8) is 0 Å². The lowest BCUT2D eigenvalue weighted by Gasteiger charge is -2.34. The summed E-state index contributed by atoms with van der Waals surface area (Å²) in [5.74, 6) is 0.269. The SMILES string of the molecule is CSCCC(NC(C)=O)C(=O)N1CCC(c2cc(C(N)=O)n[nH]2)CC1. The lowest BCUT2D eigenvalue weighted by Crippen LogP contribution is -2.50. The molecule has 1 unspecified atom stereocenters. The summed E-state index contributed by atoms with van der Waals surface area (Å²) in [6, 6.07) is 1.22. The fourth-order valence-electron chi connectivity index (χ4n) is 3.04. The molecule has 1 aliphatic rings. The summed E-state index contributed by atoms with van der Waals surface area (Å²) in [6.45, 7) is 2.66. The zero-order valence-corrected chi connectivity index (χ0v) is 15.4. The van der Waals surface area contributed by atoms with E-state index in [9.17, 15) is 14.4 Å². The smallest absolute Gasteiger partial charge is 0.269 e. The first-order valence-electron chi connectivity index (χ1n) is 8.32. The van der Waals surface area contributed by atoms with Crippen LogP contribution in [0.1, 0.15) is 48.3 Å². The van der Waals surface area contributed by atoms with Crippen molar-refractivity contribution in [1.82, 2.24) is 20.4 Å². The Labute approximate surface area is 151 Å². The largest absolute Gasteiger partial charge is 0.364 e. The van der Waals surface area contributed by atoms with E-state index >= 15 is 0 Å². The molecule has 0 bridgehead atoms. The second-order valence-electron chi connectivity index (χ2n) is 6.21. The maximum Gasteiger partial charge on any atom is 0.269 e. The third kappa shape index (κ3) is 5.22. The highest BCUT2D eigenvalue weighted by molar-refractivity contribution is 7.98. The fourth-order valence-corrected chi connectivity index (χ4v) is 3.51. The van der Waals surface area contributed by atoms with Gasteiger partial charge < -0.3 is 16.0 Å². The Hall–Kier alpha value is -2.03. The van der Waals surface area contributed by atoms with Crippen molar-refractivity contribution in [2.45, 2.75) is 38.1 Å². The lowest BCUT2D eigenvalue weighted by atomic mass is 9.93. The molecule has 0 spiro atoms. The Morgan fingerprint density at radius 3 is 2.64 bits per heavy atom. The number of carbonyl (C=O) groups is 3. The second-order valence-corrected chi connectivity index (χ2v) is 7.19. The van der Waals surface area contributed by atoms with Gasteiger partial charge in [-0.3, -0.25) is 19.5 Å². The number of primary amides is 1. The molecule has 9 heteroatoms. The molecule has 1 aromatic rings. The number of aromatic nitrogens is 2. The number of carbonyl (C=O) groups excluding carboxylic acids is 3. The van der Waals surface area contributed by atoms with Gasteiger partial charge in [-0.25, -0.2) is 0 Å². The van der Waals surface area contributed by atoms with Crippen LogP contribution < -0.4 is 11.1 Å². The quantitative estimate of drug-likeness (QED) is 0.647. The zero-order chi connectivity index (χ0) is 18.4. The Morgan fingerprint density at radius 1 is 1.44 bits per heavy atom. The molecule has 1 aliphatic heterocycles. The highest BCUT2D eigenvalue weighted by Crippen LogP contribution is 2.27. The van der Waals surface area contributed by atoms with Crippen molar-refractivity contribution in [3.05, 3.63) is 17.5 Å². The van der Waals surface area contributed by atoms with E-state index in [1.807, 2.05) is 11.2 Å². The molecule has 0 saturated carbocycles. The molecule has 25 heavy (non-hydrogen) atoms. The monoisotopic (exact) mass is 367 g/mol. The molecule has 0 aromatic carbocycles. The molecule has 4 N–H and O–H groups in total. The first-order valence-corrected chi connectivity index (χ1v) is 9.71. The number of hydrogen-bond donors (Lipinski definition) is 3. The van der Waals surface area contributed by atoms with Crippen LogP contribution in [0.4, 0.5) is 0 Å². The molecule has 8 nitrogen and oxygen atoms in total. The van der Waals surface area contributed by atoms with Gasteiger partial charge in [0.15, 0.2) is 0 Å². The average Bonchev–Trinajstić information content (AvgIpc) is 3.08. The van der Waals surface area contributed by atoms with Crippen molar-refractivity contribution < 1.29 is 14.4 Å². The number of amides is 3. The molecule has 1 fully saturated rings. The number of aromatic amines is 1. The van der Waals surface area contributed by atoms with E-state index in [-0.39, 0.29) is 23.4 Å². The number of nitrogens with one attached hydrogen (secondary N) is 2. The van der Waals surface area contributed by atoms with Crippen molar-refractivity contribution in [3.8, 4) is 0 Å². The first kappa shape index (κ1) is 19.3. The Balaban J connectivity index is 1.93. The number of H-pyrrole nitrogens is 1. The van der Waals surface area contributed by atoms with E-state index in [1.165, 1.54) is 6.92 Å². The van der Waals surface area contributed by atoms with Crippen molar-refractivity contribution >= 4 is 29.5 Å². The molecule has 0 radical (unpaired) electrons. The van der Waals surface area contributed by atoms with E-state index in [0.29, 0.717) is 19.5 Å². The van der Waals surface area contributed by atoms with Crippen LogP contribution in [0.2, 0.25) is 0 Å². The lowest BCUT2D eigenvalue weighted by molar-refractivity contribution is -0.137. The molecular formula is C16H25N5O3S. The standard InChI is InChI=1S/C16H25N5O3S/c1-10(22)18-12(5-8-25-2)16(24)21-6-3-11(4-7-21)13-9-14(15(17)23)20-19-13/h9,11-12H,3-8H2,1-2H3,(H2,17,23)(H,18,22)(H,19,20). The molecule has 1 aromatic heterocycles. The number of nitrogens with zero attached hydrogens (tertiary/aromatic N) is 2. The Morgan fingerprint density at radius 2 is 2.12 bits per heavy atom. The number of hydrogen-bond acceptors (Lipinski definition) is 5. The van der Waals surface area contributed by atoms with Gasteiger partial charge in [-0.05, 0) is 37.3 Å². The molecule has 2 heterocycles. The summed E-state index contributed by atoms with van der Waals surface area (Å²) >= 11 is 1.65. The minimum Gasteiger partial charge on any atom is -0.364 e. The second kappa shape index (κ2) is 8.89. The highest BCUT2D eigenvalue weighted by Gasteiger charge is 2.29. The maximum absolute atomic E-state index is 12.7. The van der Waals surface area contributed by atoms with E-state index in [1.54, 1.807) is 17.8 Å². The summed E-state index contributed by atoms with van der Waals surface area (Å²) in [5, 5.41) is 9.53. The molecule has 1 saturated heterocycles. The van der Waals surface area contributed by atoms with Gasteiger partial charge in [0, 0.05) is 31.6 Å². The van der Waals surface area contributed by atoms with Gasteiger partial charge in [0.1, 0.15) is 11.7 Å². The third-order valence-corrected chi connectivity index (χ3v) is 5.03. The van der Waals surface area contributed by atoms with Crippen molar-refractivity contribution in [2.24, 2.45) is 5.73 Å². The van der Waals surface area contributed by atoms with Crippen LogP contribution in [0.5, 0.6) is 0 Å². The van der Waals surface area contributed by atoms with Gasteiger partial charge in [-0.15, -0.1) is 0 Å². The summed E-state index contributed by atoms with van der Waals surface area (Å²) < 4.78 is 0. The molecular weight excluding hydrogens is 342 g/mol. The van der Waals surface area contributed by atoms with Gasteiger partial charge in [-0.2, -0.15) is 16.9 Å². The molecule has 3 amide bonds. The Kier molecular flexibility index (Phi) is 6.86. The minimum atomic E-state index is -0.554. The predicted molar refractivity (Wildman–Crippen MR) is 96.3 cm³/mol. The summed E-state index contributed by atoms with van der Waals surface area (Å²) in [4.78, 5) is 37.0.